The largest absolute Gasteiger partial charge is 0.322 e. The Balaban J connectivity index is 1.71. The monoisotopic (exact) mass is 434 g/mol. The first-order valence-electron chi connectivity index (χ1n) is 10.0. The molecule has 31 heavy (non-hydrogen) atoms. The van der Waals surface area contributed by atoms with Crippen molar-refractivity contribution in [2.24, 2.45) is 5.92 Å². The topological polar surface area (TPSA) is 84.0 Å². The summed E-state index contributed by atoms with van der Waals surface area (Å²) in [4.78, 5) is 33.4. The van der Waals surface area contributed by atoms with Crippen molar-refractivity contribution in [2.45, 2.75) is 38.5 Å². The fourth-order valence-electron chi connectivity index (χ4n) is 2.98. The van der Waals surface area contributed by atoms with Crippen molar-refractivity contribution in [1.82, 2.24) is 9.97 Å². The van der Waals surface area contributed by atoms with Crippen molar-refractivity contribution in [1.29, 1.82) is 0 Å². The molecule has 3 aromatic rings. The zero-order chi connectivity index (χ0) is 22.4. The van der Waals surface area contributed by atoms with Gasteiger partial charge in [-0.05, 0) is 66.9 Å². The number of aromatic nitrogens is 2. The number of hydrogen-bond acceptors (Lipinski definition) is 5. The number of nitrogens with zero attached hydrogens (tertiary/aromatic N) is 2. The van der Waals surface area contributed by atoms with E-state index in [0.717, 1.165) is 22.4 Å². The van der Waals surface area contributed by atoms with Crippen LogP contribution >= 0.6 is 11.8 Å². The highest BCUT2D eigenvalue weighted by molar-refractivity contribution is 7.98. The molecule has 0 unspecified atom stereocenters. The molecular weight excluding hydrogens is 408 g/mol. The molecule has 0 fully saturated rings. The van der Waals surface area contributed by atoms with E-state index in [0.29, 0.717) is 22.2 Å². The molecule has 7 heteroatoms. The average Bonchev–Trinajstić information content (AvgIpc) is 2.72. The van der Waals surface area contributed by atoms with Crippen molar-refractivity contribution in [3.63, 3.8) is 0 Å². The number of amides is 2. The van der Waals surface area contributed by atoms with Gasteiger partial charge in [-0.1, -0.05) is 19.9 Å². The Morgan fingerprint density at radius 3 is 2.42 bits per heavy atom. The first-order chi connectivity index (χ1) is 14.8. The van der Waals surface area contributed by atoms with E-state index in [9.17, 15) is 9.59 Å². The minimum absolute atomic E-state index is 0.0765. The third-order valence-electron chi connectivity index (χ3n) is 4.47. The number of aryl methyl sites for hydroxylation is 2. The van der Waals surface area contributed by atoms with Gasteiger partial charge in [-0.2, -0.15) is 0 Å². The van der Waals surface area contributed by atoms with Crippen LogP contribution < -0.4 is 10.6 Å². The Hall–Kier alpha value is -3.19. The summed E-state index contributed by atoms with van der Waals surface area (Å²) in [6, 6.07) is 13.2. The summed E-state index contributed by atoms with van der Waals surface area (Å²) in [5.41, 5.74) is 4.45. The van der Waals surface area contributed by atoms with Gasteiger partial charge in [0.1, 0.15) is 10.8 Å². The summed E-state index contributed by atoms with van der Waals surface area (Å²) >= 11 is 1.47. The van der Waals surface area contributed by atoms with Gasteiger partial charge in [-0.3, -0.25) is 9.59 Å². The molecule has 0 atom stereocenters. The third kappa shape index (κ3) is 6.39. The van der Waals surface area contributed by atoms with Crippen LogP contribution in [0.1, 0.15) is 40.9 Å². The number of benzene rings is 1. The normalized spacial score (nSPS) is 10.7. The Kier molecular flexibility index (Phi) is 7.41. The molecule has 0 saturated carbocycles. The van der Waals surface area contributed by atoms with Crippen LogP contribution in [0, 0.1) is 19.8 Å². The zero-order valence-corrected chi connectivity index (χ0v) is 18.9. The molecule has 0 radical (unpaired) electrons. The minimum atomic E-state index is -0.194. The Morgan fingerprint density at radius 1 is 0.968 bits per heavy atom. The van der Waals surface area contributed by atoms with Crippen LogP contribution in [-0.4, -0.2) is 21.8 Å². The van der Waals surface area contributed by atoms with E-state index in [4.69, 9.17) is 0 Å². The lowest BCUT2D eigenvalue weighted by molar-refractivity contribution is -0.118. The van der Waals surface area contributed by atoms with Crippen molar-refractivity contribution in [3.05, 3.63) is 77.1 Å². The predicted octanol–water partition coefficient (Wildman–Crippen LogP) is 5.23. The standard InChI is InChI=1S/C24H26N4O2S/c1-15(2)22(29)28-21-13-18(7-9-25-21)14-31-24-20(6-5-8-26-24)23(30)27-19-11-16(3)10-17(4)12-19/h5-13,15H,14H2,1-4H3,(H,27,30)(H,25,28,29). The molecule has 2 amide bonds. The predicted molar refractivity (Wildman–Crippen MR) is 125 cm³/mol. The van der Waals surface area contributed by atoms with Crippen LogP contribution in [0.4, 0.5) is 11.5 Å². The second kappa shape index (κ2) is 10.2. The van der Waals surface area contributed by atoms with Crippen LogP contribution in [0.3, 0.4) is 0 Å². The summed E-state index contributed by atoms with van der Waals surface area (Å²) < 4.78 is 0. The summed E-state index contributed by atoms with van der Waals surface area (Å²) in [6.45, 7) is 7.67. The van der Waals surface area contributed by atoms with E-state index in [2.05, 4.69) is 26.7 Å². The highest BCUT2D eigenvalue weighted by Gasteiger charge is 2.14. The second-order valence-corrected chi connectivity index (χ2v) is 8.63. The zero-order valence-electron chi connectivity index (χ0n) is 18.1. The van der Waals surface area contributed by atoms with Crippen molar-refractivity contribution < 1.29 is 9.59 Å². The van der Waals surface area contributed by atoms with E-state index in [1.807, 2.05) is 52.0 Å². The van der Waals surface area contributed by atoms with Gasteiger partial charge in [0, 0.05) is 29.8 Å². The van der Waals surface area contributed by atoms with Gasteiger partial charge >= 0.3 is 0 Å². The minimum Gasteiger partial charge on any atom is -0.322 e. The maximum absolute atomic E-state index is 12.9. The van der Waals surface area contributed by atoms with Crippen LogP contribution in [0.25, 0.3) is 0 Å². The number of hydrogen-bond donors (Lipinski definition) is 2. The second-order valence-electron chi connectivity index (χ2n) is 7.67. The lowest BCUT2D eigenvalue weighted by Gasteiger charge is -2.11. The van der Waals surface area contributed by atoms with E-state index in [1.165, 1.54) is 11.8 Å². The number of anilines is 2. The van der Waals surface area contributed by atoms with E-state index in [1.54, 1.807) is 24.5 Å². The van der Waals surface area contributed by atoms with E-state index >= 15 is 0 Å². The fraction of sp³-hybridized carbons (Fsp3) is 0.250. The van der Waals surface area contributed by atoms with Crippen LogP contribution in [-0.2, 0) is 10.5 Å². The smallest absolute Gasteiger partial charge is 0.258 e. The summed E-state index contributed by atoms with van der Waals surface area (Å²) in [7, 11) is 0. The molecule has 0 spiro atoms. The number of rotatable bonds is 7. The van der Waals surface area contributed by atoms with Gasteiger partial charge in [-0.25, -0.2) is 9.97 Å². The van der Waals surface area contributed by atoms with Gasteiger partial charge in [0.2, 0.25) is 5.91 Å². The first kappa shape index (κ1) is 22.5. The maximum Gasteiger partial charge on any atom is 0.258 e. The van der Waals surface area contributed by atoms with E-state index < -0.39 is 0 Å². The third-order valence-corrected chi connectivity index (χ3v) is 5.55. The quantitative estimate of drug-likeness (QED) is 0.497. The van der Waals surface area contributed by atoms with Crippen molar-refractivity contribution in [2.75, 3.05) is 10.6 Å². The van der Waals surface area contributed by atoms with Crippen LogP contribution in [0.15, 0.2) is 59.9 Å². The Labute approximate surface area is 186 Å². The Bertz CT molecular complexity index is 1080. The number of nitrogens with one attached hydrogen (secondary N) is 2. The summed E-state index contributed by atoms with van der Waals surface area (Å²) in [6.07, 6.45) is 3.34. The first-order valence-corrected chi connectivity index (χ1v) is 11.0. The summed E-state index contributed by atoms with van der Waals surface area (Å²) in [5.74, 6) is 0.721. The van der Waals surface area contributed by atoms with Crippen molar-refractivity contribution in [3.8, 4) is 0 Å². The van der Waals surface area contributed by atoms with Crippen LogP contribution in [0.2, 0.25) is 0 Å². The fourth-order valence-corrected chi connectivity index (χ4v) is 3.91. The summed E-state index contributed by atoms with van der Waals surface area (Å²) in [5, 5.41) is 6.42. The molecular formula is C24H26N4O2S. The molecule has 1 aromatic carbocycles. The average molecular weight is 435 g/mol. The van der Waals surface area contributed by atoms with E-state index in [-0.39, 0.29) is 17.7 Å². The SMILES string of the molecule is Cc1cc(C)cc(NC(=O)c2cccnc2SCc2ccnc(NC(=O)C(C)C)c2)c1. The highest BCUT2D eigenvalue weighted by Crippen LogP contribution is 2.26. The molecule has 0 aliphatic carbocycles. The van der Waals surface area contributed by atoms with Gasteiger partial charge < -0.3 is 10.6 Å². The lowest BCUT2D eigenvalue weighted by Crippen LogP contribution is -2.18. The van der Waals surface area contributed by atoms with Gasteiger partial charge in [-0.15, -0.1) is 11.8 Å². The molecule has 2 aromatic heterocycles. The number of pyridine rings is 2. The molecule has 0 aliphatic rings. The van der Waals surface area contributed by atoms with Crippen molar-refractivity contribution >= 4 is 35.1 Å². The van der Waals surface area contributed by atoms with Gasteiger partial charge in [0.05, 0.1) is 5.56 Å². The molecule has 0 aliphatic heterocycles. The Morgan fingerprint density at radius 2 is 1.71 bits per heavy atom. The molecule has 0 saturated heterocycles. The number of thioether (sulfide) groups is 1. The number of carbonyl (C=O) groups excluding carboxylic acids is 2. The number of carbonyl (C=O) groups is 2. The molecule has 6 nitrogen and oxygen atoms in total. The highest BCUT2D eigenvalue weighted by atomic mass is 32.2. The van der Waals surface area contributed by atoms with Gasteiger partial charge in [0.25, 0.3) is 5.91 Å². The molecule has 0 bridgehead atoms. The van der Waals surface area contributed by atoms with Crippen LogP contribution in [0.5, 0.6) is 0 Å². The molecule has 2 heterocycles. The molecule has 3 rings (SSSR count). The molecule has 2 N–H and O–H groups in total. The maximum atomic E-state index is 12.9. The lowest BCUT2D eigenvalue weighted by atomic mass is 10.1. The molecule has 160 valence electrons. The van der Waals surface area contributed by atoms with Gasteiger partial charge in [0.15, 0.2) is 0 Å².